The van der Waals surface area contributed by atoms with Gasteiger partial charge in [-0.1, -0.05) is 12.5 Å². The summed E-state index contributed by atoms with van der Waals surface area (Å²) in [6.45, 7) is 1.55. The number of piperidine rings is 1. The molecule has 0 aromatic heterocycles. The number of halogens is 2. The number of nitrogens with zero attached hydrogens (tertiary/aromatic N) is 1. The Morgan fingerprint density at radius 2 is 2.20 bits per heavy atom. The maximum atomic E-state index is 13.6. The average Bonchev–Trinajstić information content (AvgIpc) is 2.48. The van der Waals surface area contributed by atoms with Crippen molar-refractivity contribution in [1.82, 2.24) is 10.2 Å². The molecule has 1 saturated heterocycles. The van der Waals surface area contributed by atoms with Gasteiger partial charge in [0, 0.05) is 19.6 Å². The molecule has 1 aromatic rings. The molecule has 2 rings (SSSR count). The topological polar surface area (TPSA) is 32.3 Å². The minimum Gasteiger partial charge on any atom is -0.342 e. The fourth-order valence-corrected chi connectivity index (χ4v) is 2.50. The SMILES string of the molecule is CN(CCC1CCCCN1)C(=O)c1cccc(F)c1F. The molecule has 0 saturated carbocycles. The molecule has 20 heavy (non-hydrogen) atoms. The van der Waals surface area contributed by atoms with E-state index in [-0.39, 0.29) is 5.56 Å². The average molecular weight is 282 g/mol. The summed E-state index contributed by atoms with van der Waals surface area (Å²) in [6.07, 6.45) is 4.34. The highest BCUT2D eigenvalue weighted by atomic mass is 19.2. The zero-order valence-electron chi connectivity index (χ0n) is 11.7. The highest BCUT2D eigenvalue weighted by Gasteiger charge is 2.20. The lowest BCUT2D eigenvalue weighted by molar-refractivity contribution is 0.0782. The minimum atomic E-state index is -1.07. The minimum absolute atomic E-state index is 0.205. The molecular formula is C15H20F2N2O. The van der Waals surface area contributed by atoms with Gasteiger partial charge in [-0.3, -0.25) is 4.79 Å². The Morgan fingerprint density at radius 3 is 2.90 bits per heavy atom. The van der Waals surface area contributed by atoms with Crippen LogP contribution in [-0.4, -0.2) is 37.0 Å². The van der Waals surface area contributed by atoms with Crippen molar-refractivity contribution in [2.75, 3.05) is 20.1 Å². The number of carbonyl (C=O) groups is 1. The number of nitrogens with one attached hydrogen (secondary N) is 1. The van der Waals surface area contributed by atoms with E-state index < -0.39 is 17.5 Å². The van der Waals surface area contributed by atoms with Gasteiger partial charge in [0.25, 0.3) is 5.91 Å². The third kappa shape index (κ3) is 3.54. The maximum Gasteiger partial charge on any atom is 0.256 e. The van der Waals surface area contributed by atoms with Crippen LogP contribution in [-0.2, 0) is 0 Å². The molecule has 110 valence electrons. The lowest BCUT2D eigenvalue weighted by Crippen LogP contribution is -2.38. The van der Waals surface area contributed by atoms with Crippen LogP contribution in [0.3, 0.4) is 0 Å². The lowest BCUT2D eigenvalue weighted by atomic mass is 10.0. The van der Waals surface area contributed by atoms with Crippen molar-refractivity contribution in [1.29, 1.82) is 0 Å². The van der Waals surface area contributed by atoms with Crippen LogP contribution in [0.5, 0.6) is 0 Å². The molecule has 0 aliphatic carbocycles. The van der Waals surface area contributed by atoms with Gasteiger partial charge in [-0.25, -0.2) is 8.78 Å². The summed E-state index contributed by atoms with van der Waals surface area (Å²) in [4.78, 5) is 13.5. The van der Waals surface area contributed by atoms with Gasteiger partial charge in [0.05, 0.1) is 5.56 Å². The molecule has 3 nitrogen and oxygen atoms in total. The second-order valence-electron chi connectivity index (χ2n) is 5.26. The standard InChI is InChI=1S/C15H20F2N2O/c1-19(10-8-11-5-2-3-9-18-11)15(20)12-6-4-7-13(16)14(12)17/h4,6-7,11,18H,2-3,5,8-10H2,1H3. The van der Waals surface area contributed by atoms with E-state index in [1.165, 1.54) is 29.9 Å². The summed E-state index contributed by atoms with van der Waals surface area (Å²) >= 11 is 0. The Balaban J connectivity index is 1.92. The van der Waals surface area contributed by atoms with E-state index in [1.807, 2.05) is 0 Å². The number of hydrogen-bond donors (Lipinski definition) is 1. The van der Waals surface area contributed by atoms with Crippen LogP contribution in [0.4, 0.5) is 8.78 Å². The van der Waals surface area contributed by atoms with Gasteiger partial charge < -0.3 is 10.2 Å². The highest BCUT2D eigenvalue weighted by molar-refractivity contribution is 5.94. The van der Waals surface area contributed by atoms with E-state index in [0.717, 1.165) is 25.5 Å². The van der Waals surface area contributed by atoms with Crippen LogP contribution in [0.2, 0.25) is 0 Å². The Bertz CT molecular complexity index is 473. The smallest absolute Gasteiger partial charge is 0.256 e. The normalized spacial score (nSPS) is 18.9. The zero-order chi connectivity index (χ0) is 14.5. The second kappa shape index (κ2) is 6.79. The molecule has 1 amide bonds. The lowest BCUT2D eigenvalue weighted by Gasteiger charge is -2.26. The molecule has 1 unspecified atom stereocenters. The van der Waals surface area contributed by atoms with E-state index in [9.17, 15) is 13.6 Å². The summed E-state index contributed by atoms with van der Waals surface area (Å²) in [5.41, 5.74) is -0.205. The first-order chi connectivity index (χ1) is 9.59. The van der Waals surface area contributed by atoms with Crippen LogP contribution in [0.1, 0.15) is 36.0 Å². The van der Waals surface area contributed by atoms with E-state index in [0.29, 0.717) is 12.6 Å². The molecule has 0 spiro atoms. The first kappa shape index (κ1) is 14.9. The number of rotatable bonds is 4. The molecule has 1 fully saturated rings. The van der Waals surface area contributed by atoms with Crippen molar-refractivity contribution >= 4 is 5.91 Å². The molecule has 5 heteroatoms. The Labute approximate surface area is 118 Å². The van der Waals surface area contributed by atoms with Crippen LogP contribution >= 0.6 is 0 Å². The van der Waals surface area contributed by atoms with Gasteiger partial charge in [-0.2, -0.15) is 0 Å². The summed E-state index contributed by atoms with van der Waals surface area (Å²) < 4.78 is 26.7. The third-order valence-corrected chi connectivity index (χ3v) is 3.75. The van der Waals surface area contributed by atoms with Gasteiger partial charge in [-0.05, 0) is 37.9 Å². The summed E-state index contributed by atoms with van der Waals surface area (Å²) in [7, 11) is 1.62. The molecule has 1 aromatic carbocycles. The molecule has 1 N–H and O–H groups in total. The predicted molar refractivity (Wildman–Crippen MR) is 73.6 cm³/mol. The van der Waals surface area contributed by atoms with Crippen molar-refractivity contribution in [2.24, 2.45) is 0 Å². The van der Waals surface area contributed by atoms with Gasteiger partial charge >= 0.3 is 0 Å². The van der Waals surface area contributed by atoms with Crippen LogP contribution in [0.25, 0.3) is 0 Å². The highest BCUT2D eigenvalue weighted by Crippen LogP contribution is 2.15. The monoisotopic (exact) mass is 282 g/mol. The number of carbonyl (C=O) groups excluding carboxylic acids is 1. The largest absolute Gasteiger partial charge is 0.342 e. The Morgan fingerprint density at radius 1 is 1.40 bits per heavy atom. The molecule has 1 aliphatic rings. The number of hydrogen-bond acceptors (Lipinski definition) is 2. The number of amides is 1. The third-order valence-electron chi connectivity index (χ3n) is 3.75. The van der Waals surface area contributed by atoms with E-state index in [2.05, 4.69) is 5.32 Å². The Hall–Kier alpha value is -1.49. The fourth-order valence-electron chi connectivity index (χ4n) is 2.50. The van der Waals surface area contributed by atoms with Crippen molar-refractivity contribution < 1.29 is 13.6 Å². The van der Waals surface area contributed by atoms with Gasteiger partial charge in [0.2, 0.25) is 0 Å². The summed E-state index contributed by atoms with van der Waals surface area (Å²) in [5, 5.41) is 3.40. The van der Waals surface area contributed by atoms with E-state index >= 15 is 0 Å². The van der Waals surface area contributed by atoms with Gasteiger partial charge in [-0.15, -0.1) is 0 Å². The van der Waals surface area contributed by atoms with Crippen molar-refractivity contribution in [2.45, 2.75) is 31.7 Å². The molecule has 1 aliphatic heterocycles. The van der Waals surface area contributed by atoms with E-state index in [1.54, 1.807) is 7.05 Å². The van der Waals surface area contributed by atoms with E-state index in [4.69, 9.17) is 0 Å². The Kier molecular flexibility index (Phi) is 5.06. The predicted octanol–water partition coefficient (Wildman–Crippen LogP) is 2.57. The van der Waals surface area contributed by atoms with Crippen molar-refractivity contribution in [3.8, 4) is 0 Å². The maximum absolute atomic E-state index is 13.6. The fraction of sp³-hybridized carbons (Fsp3) is 0.533. The van der Waals surface area contributed by atoms with Crippen LogP contribution in [0.15, 0.2) is 18.2 Å². The summed E-state index contributed by atoms with van der Waals surface area (Å²) in [6, 6.07) is 4.09. The zero-order valence-corrected chi connectivity index (χ0v) is 11.7. The second-order valence-corrected chi connectivity index (χ2v) is 5.26. The van der Waals surface area contributed by atoms with Crippen molar-refractivity contribution in [3.05, 3.63) is 35.4 Å². The first-order valence-corrected chi connectivity index (χ1v) is 7.02. The van der Waals surface area contributed by atoms with Crippen molar-refractivity contribution in [3.63, 3.8) is 0 Å². The quantitative estimate of drug-likeness (QED) is 0.920. The molecule has 0 bridgehead atoms. The molecule has 0 radical (unpaired) electrons. The van der Waals surface area contributed by atoms with Crippen LogP contribution < -0.4 is 5.32 Å². The molecule has 1 atom stereocenters. The number of benzene rings is 1. The molecule has 1 heterocycles. The summed E-state index contributed by atoms with van der Waals surface area (Å²) in [5.74, 6) is -2.53. The van der Waals surface area contributed by atoms with Gasteiger partial charge in [0.15, 0.2) is 11.6 Å². The van der Waals surface area contributed by atoms with Gasteiger partial charge in [0.1, 0.15) is 0 Å². The first-order valence-electron chi connectivity index (χ1n) is 7.02. The van der Waals surface area contributed by atoms with Crippen LogP contribution in [0, 0.1) is 11.6 Å². The molecular weight excluding hydrogens is 262 g/mol.